The molecule has 5 aromatic rings. The molecule has 0 spiro atoms. The van der Waals surface area contributed by atoms with Gasteiger partial charge in [-0.3, -0.25) is 10.1 Å². The van der Waals surface area contributed by atoms with Crippen LogP contribution >= 0.6 is 11.6 Å². The van der Waals surface area contributed by atoms with Crippen molar-refractivity contribution in [3.8, 4) is 11.3 Å². The zero-order chi connectivity index (χ0) is 23.7. The van der Waals surface area contributed by atoms with Crippen molar-refractivity contribution in [1.82, 2.24) is 29.4 Å². The van der Waals surface area contributed by atoms with E-state index >= 15 is 0 Å². The van der Waals surface area contributed by atoms with Gasteiger partial charge in [-0.05, 0) is 23.8 Å². The zero-order valence-corrected chi connectivity index (χ0v) is 18.2. The third kappa shape index (κ3) is 4.35. The van der Waals surface area contributed by atoms with Gasteiger partial charge < -0.3 is 0 Å². The number of halogens is 3. The molecule has 1 N–H and O–H groups in total. The Hall–Kier alpha value is -4.18. The minimum Gasteiger partial charge on any atom is -0.289 e. The van der Waals surface area contributed by atoms with Crippen LogP contribution in [0.1, 0.15) is 28.0 Å². The predicted octanol–water partition coefficient (Wildman–Crippen LogP) is 4.88. The van der Waals surface area contributed by atoms with Crippen LogP contribution in [0.4, 0.5) is 14.7 Å². The normalized spacial score (nSPS) is 11.3. The van der Waals surface area contributed by atoms with E-state index in [9.17, 15) is 13.6 Å². The number of carbonyl (C=O) groups is 1. The lowest BCUT2D eigenvalue weighted by Crippen LogP contribution is -2.14. The van der Waals surface area contributed by atoms with Crippen molar-refractivity contribution in [2.75, 3.05) is 5.32 Å². The molecule has 0 aliphatic rings. The lowest BCUT2D eigenvalue weighted by Gasteiger charge is -2.08. The van der Waals surface area contributed by atoms with E-state index in [0.717, 1.165) is 10.1 Å². The second-order valence-electron chi connectivity index (χ2n) is 7.38. The standard InChI is InChI=1S/C23H16ClF2N7O/c24-16-8-4-5-14(9-16)12-32-13-27-23(31-32)30-22(34)17-11-28-33-19(20(25)26)10-18(29-21(17)33)15-6-2-1-3-7-15/h1-11,13,20H,12H2,(H,30,31,34). The molecule has 0 fully saturated rings. The number of fused-ring (bicyclic) bond motifs is 1. The van der Waals surface area contributed by atoms with Gasteiger partial charge in [-0.2, -0.15) is 5.10 Å². The minimum absolute atomic E-state index is 0.00696. The van der Waals surface area contributed by atoms with Gasteiger partial charge >= 0.3 is 0 Å². The number of rotatable bonds is 6. The van der Waals surface area contributed by atoms with Gasteiger partial charge in [-0.15, -0.1) is 5.10 Å². The Bertz CT molecular complexity index is 1480. The first kappa shape index (κ1) is 21.7. The molecule has 34 heavy (non-hydrogen) atoms. The summed E-state index contributed by atoms with van der Waals surface area (Å²) < 4.78 is 30.0. The molecule has 2 aromatic carbocycles. The summed E-state index contributed by atoms with van der Waals surface area (Å²) in [4.78, 5) is 21.5. The second-order valence-corrected chi connectivity index (χ2v) is 7.81. The number of aromatic nitrogens is 6. The molecule has 3 aromatic heterocycles. The topological polar surface area (TPSA) is 90.0 Å². The smallest absolute Gasteiger partial charge is 0.280 e. The van der Waals surface area contributed by atoms with Crippen LogP contribution in [0.15, 0.2) is 73.2 Å². The van der Waals surface area contributed by atoms with E-state index in [2.05, 4.69) is 25.5 Å². The number of nitrogens with zero attached hydrogens (tertiary/aromatic N) is 6. The second kappa shape index (κ2) is 8.99. The minimum atomic E-state index is -2.81. The zero-order valence-electron chi connectivity index (χ0n) is 17.4. The highest BCUT2D eigenvalue weighted by atomic mass is 35.5. The van der Waals surface area contributed by atoms with Gasteiger partial charge in [0.05, 0.1) is 18.4 Å². The molecular weight excluding hydrogens is 464 g/mol. The fourth-order valence-electron chi connectivity index (χ4n) is 3.48. The molecule has 5 rings (SSSR count). The summed E-state index contributed by atoms with van der Waals surface area (Å²) in [7, 11) is 0. The van der Waals surface area contributed by atoms with E-state index in [1.54, 1.807) is 36.4 Å². The van der Waals surface area contributed by atoms with Gasteiger partial charge in [0.1, 0.15) is 17.6 Å². The van der Waals surface area contributed by atoms with Gasteiger partial charge in [0.2, 0.25) is 5.95 Å². The fourth-order valence-corrected chi connectivity index (χ4v) is 3.69. The largest absolute Gasteiger partial charge is 0.289 e. The number of hydrogen-bond donors (Lipinski definition) is 1. The lowest BCUT2D eigenvalue weighted by molar-refractivity contribution is 0.102. The van der Waals surface area contributed by atoms with E-state index in [1.807, 2.05) is 18.2 Å². The summed E-state index contributed by atoms with van der Waals surface area (Å²) in [6, 6.07) is 17.4. The number of nitrogens with one attached hydrogen (secondary N) is 1. The molecule has 0 atom stereocenters. The molecule has 11 heteroatoms. The molecule has 0 aliphatic heterocycles. The molecule has 0 unspecified atom stereocenters. The van der Waals surface area contributed by atoms with E-state index in [4.69, 9.17) is 11.6 Å². The number of amides is 1. The van der Waals surface area contributed by atoms with Crippen molar-refractivity contribution in [2.45, 2.75) is 13.0 Å². The molecule has 170 valence electrons. The molecular formula is C23H16ClF2N7O. The highest BCUT2D eigenvalue weighted by Crippen LogP contribution is 2.27. The fraction of sp³-hybridized carbons (Fsp3) is 0.0870. The number of anilines is 1. The van der Waals surface area contributed by atoms with Crippen molar-refractivity contribution in [3.63, 3.8) is 0 Å². The van der Waals surface area contributed by atoms with E-state index in [-0.39, 0.29) is 22.9 Å². The predicted molar refractivity (Wildman–Crippen MR) is 122 cm³/mol. The van der Waals surface area contributed by atoms with Gasteiger partial charge in [0.25, 0.3) is 12.3 Å². The summed E-state index contributed by atoms with van der Waals surface area (Å²) in [5.74, 6) is -0.562. The highest BCUT2D eigenvalue weighted by molar-refractivity contribution is 6.30. The first-order chi connectivity index (χ1) is 16.5. The number of alkyl halides is 2. The van der Waals surface area contributed by atoms with E-state index in [0.29, 0.717) is 22.8 Å². The first-order valence-corrected chi connectivity index (χ1v) is 10.5. The maximum atomic E-state index is 13.7. The van der Waals surface area contributed by atoms with Crippen molar-refractivity contribution >= 4 is 29.1 Å². The monoisotopic (exact) mass is 479 g/mol. The van der Waals surface area contributed by atoms with Crippen LogP contribution in [-0.4, -0.2) is 35.3 Å². The molecule has 0 saturated carbocycles. The van der Waals surface area contributed by atoms with Gasteiger partial charge in [0, 0.05) is 10.6 Å². The van der Waals surface area contributed by atoms with Crippen molar-refractivity contribution in [3.05, 3.63) is 95.0 Å². The molecule has 8 nitrogen and oxygen atoms in total. The average Bonchev–Trinajstić information content (AvgIpc) is 3.45. The van der Waals surface area contributed by atoms with Crippen LogP contribution in [0, 0.1) is 0 Å². The molecule has 0 radical (unpaired) electrons. The Balaban J connectivity index is 1.43. The summed E-state index contributed by atoms with van der Waals surface area (Å²) in [6.45, 7) is 0.403. The maximum absolute atomic E-state index is 13.7. The summed E-state index contributed by atoms with van der Waals surface area (Å²) in [5.41, 5.74) is 1.52. The van der Waals surface area contributed by atoms with Gasteiger partial charge in [-0.25, -0.2) is 27.9 Å². The summed E-state index contributed by atoms with van der Waals surface area (Å²) in [6.07, 6.45) is -0.151. The van der Waals surface area contributed by atoms with Crippen LogP contribution in [-0.2, 0) is 6.54 Å². The number of hydrogen-bond acceptors (Lipinski definition) is 5. The first-order valence-electron chi connectivity index (χ1n) is 10.2. The number of benzene rings is 2. The van der Waals surface area contributed by atoms with Crippen molar-refractivity contribution < 1.29 is 13.6 Å². The van der Waals surface area contributed by atoms with Crippen molar-refractivity contribution in [1.29, 1.82) is 0 Å². The quantitative estimate of drug-likeness (QED) is 0.375. The maximum Gasteiger partial charge on any atom is 0.280 e. The van der Waals surface area contributed by atoms with Crippen LogP contribution in [0.5, 0.6) is 0 Å². The third-order valence-electron chi connectivity index (χ3n) is 5.03. The van der Waals surface area contributed by atoms with Crippen LogP contribution in [0.2, 0.25) is 5.02 Å². The Morgan fingerprint density at radius 2 is 1.91 bits per heavy atom. The molecule has 0 saturated heterocycles. The Kier molecular flexibility index (Phi) is 5.72. The Morgan fingerprint density at radius 3 is 2.68 bits per heavy atom. The Labute approximate surface area is 196 Å². The molecule has 0 aliphatic carbocycles. The average molecular weight is 480 g/mol. The van der Waals surface area contributed by atoms with Gasteiger partial charge in [0.15, 0.2) is 5.65 Å². The molecule has 0 bridgehead atoms. The van der Waals surface area contributed by atoms with Crippen LogP contribution < -0.4 is 5.32 Å². The SMILES string of the molecule is O=C(Nc1ncn(Cc2cccc(Cl)c2)n1)c1cnn2c(C(F)F)cc(-c3ccccc3)nc12. The molecule has 1 amide bonds. The van der Waals surface area contributed by atoms with E-state index in [1.165, 1.54) is 23.3 Å². The van der Waals surface area contributed by atoms with Crippen LogP contribution in [0.3, 0.4) is 0 Å². The van der Waals surface area contributed by atoms with Gasteiger partial charge in [-0.1, -0.05) is 54.1 Å². The van der Waals surface area contributed by atoms with Crippen molar-refractivity contribution in [2.24, 2.45) is 0 Å². The third-order valence-corrected chi connectivity index (χ3v) is 5.27. The summed E-state index contributed by atoms with van der Waals surface area (Å²) in [5, 5.41) is 11.4. The summed E-state index contributed by atoms with van der Waals surface area (Å²) >= 11 is 6.01. The lowest BCUT2D eigenvalue weighted by atomic mass is 10.1. The van der Waals surface area contributed by atoms with E-state index < -0.39 is 12.3 Å². The molecule has 3 heterocycles. The number of carbonyl (C=O) groups excluding carboxylic acids is 1. The van der Waals surface area contributed by atoms with Crippen LogP contribution in [0.25, 0.3) is 16.9 Å². The Morgan fingerprint density at radius 1 is 1.09 bits per heavy atom. The highest BCUT2D eigenvalue weighted by Gasteiger charge is 2.22.